The summed E-state index contributed by atoms with van der Waals surface area (Å²) in [5, 5.41) is 0.701. The maximum absolute atomic E-state index is 13.5. The standard InChI is InChI=1S/C22H20N2O2.C17H15F3N2O2.CH4/c1-14-11-12-18(19(25)13-14)24-21(16-8-4-3-5-9-16)23-17-10-6-7-15(2)20(17)22(24)26;1-9-6-7-12(13(23)8-9)22-15(24)14-10(2)4-3-5-11(14)21-16(22)17(18,19)20;/h3-10,18H,1,11-13H2,2H3;3-5,12H,1,6-8H2,2H3;1H4. The highest BCUT2D eigenvalue weighted by molar-refractivity contribution is 5.89. The molecule has 8 nitrogen and oxygen atoms in total. The number of alkyl halides is 3. The normalized spacial score (nSPS) is 18.0. The molecule has 11 heteroatoms. The summed E-state index contributed by atoms with van der Waals surface area (Å²) in [6, 6.07) is 18.2. The molecular weight excluding hydrogens is 657 g/mol. The molecule has 3 aromatic carbocycles. The maximum Gasteiger partial charge on any atom is 0.449 e. The van der Waals surface area contributed by atoms with Crippen LogP contribution in [0.4, 0.5) is 13.2 Å². The number of hydrogen-bond acceptors (Lipinski definition) is 6. The second-order valence-electron chi connectivity index (χ2n) is 12.9. The third-order valence-corrected chi connectivity index (χ3v) is 9.32. The average Bonchev–Trinajstić information content (AvgIpc) is 3.06. The SMILES string of the molecule is C.C=C1CCC(n2c(-c3ccccc3)nc3cccc(C)c3c2=O)C(=O)C1.C=C1CCC(n2c(C(F)(F)F)nc3cccc(C)c3c2=O)C(=O)C1. The third kappa shape index (κ3) is 7.10. The first kappa shape index (κ1) is 36.8. The Morgan fingerprint density at radius 1 is 0.667 bits per heavy atom. The number of rotatable bonds is 3. The Labute approximate surface area is 293 Å². The molecule has 2 aromatic heterocycles. The monoisotopic (exact) mass is 696 g/mol. The summed E-state index contributed by atoms with van der Waals surface area (Å²) in [5.41, 5.74) is 3.53. The lowest BCUT2D eigenvalue weighted by atomic mass is 9.90. The Morgan fingerprint density at radius 2 is 1.14 bits per heavy atom. The summed E-state index contributed by atoms with van der Waals surface area (Å²) in [6.07, 6.45) is -2.63. The van der Waals surface area contributed by atoms with Crippen molar-refractivity contribution in [1.82, 2.24) is 19.1 Å². The van der Waals surface area contributed by atoms with Crippen LogP contribution in [0.15, 0.2) is 101 Å². The number of fused-ring (bicyclic) bond motifs is 2. The van der Waals surface area contributed by atoms with Gasteiger partial charge in [0.2, 0.25) is 5.82 Å². The first-order valence-corrected chi connectivity index (χ1v) is 16.3. The van der Waals surface area contributed by atoms with Gasteiger partial charge in [-0.05, 0) is 62.8 Å². The molecule has 0 amide bonds. The van der Waals surface area contributed by atoms with Crippen LogP contribution < -0.4 is 11.1 Å². The molecule has 0 radical (unpaired) electrons. The highest BCUT2D eigenvalue weighted by Crippen LogP contribution is 2.35. The van der Waals surface area contributed by atoms with Gasteiger partial charge in [0, 0.05) is 18.4 Å². The zero-order valence-corrected chi connectivity index (χ0v) is 27.7. The molecule has 2 fully saturated rings. The molecule has 0 bridgehead atoms. The number of carbonyl (C=O) groups is 2. The molecular formula is C40H39F3N4O4. The van der Waals surface area contributed by atoms with Crippen molar-refractivity contribution in [3.8, 4) is 11.4 Å². The first-order valence-electron chi connectivity index (χ1n) is 16.3. The smallest absolute Gasteiger partial charge is 0.297 e. The van der Waals surface area contributed by atoms with E-state index in [9.17, 15) is 32.3 Å². The van der Waals surface area contributed by atoms with E-state index >= 15 is 0 Å². The van der Waals surface area contributed by atoms with Crippen molar-refractivity contribution in [3.05, 3.63) is 129 Å². The molecule has 2 saturated carbocycles. The molecule has 0 N–H and O–H groups in total. The van der Waals surface area contributed by atoms with Gasteiger partial charge in [-0.25, -0.2) is 9.97 Å². The van der Waals surface area contributed by atoms with Crippen molar-refractivity contribution >= 4 is 33.4 Å². The van der Waals surface area contributed by atoms with E-state index in [2.05, 4.69) is 18.1 Å². The fourth-order valence-corrected chi connectivity index (χ4v) is 6.84. The summed E-state index contributed by atoms with van der Waals surface area (Å²) in [7, 11) is 0. The van der Waals surface area contributed by atoms with Gasteiger partial charge in [-0.15, -0.1) is 0 Å². The molecule has 5 aromatic rings. The van der Waals surface area contributed by atoms with Crippen molar-refractivity contribution in [2.45, 2.75) is 78.1 Å². The summed E-state index contributed by atoms with van der Waals surface area (Å²) in [6.45, 7) is 11.2. The van der Waals surface area contributed by atoms with Gasteiger partial charge in [0.05, 0.1) is 33.9 Å². The molecule has 2 atom stereocenters. The Morgan fingerprint density at radius 3 is 1.63 bits per heavy atom. The van der Waals surface area contributed by atoms with Gasteiger partial charge >= 0.3 is 6.18 Å². The number of halogens is 3. The molecule has 0 spiro atoms. The highest BCUT2D eigenvalue weighted by Gasteiger charge is 2.41. The number of hydrogen-bond donors (Lipinski definition) is 0. The number of allylic oxidation sites excluding steroid dienone is 2. The van der Waals surface area contributed by atoms with Crippen molar-refractivity contribution < 1.29 is 22.8 Å². The van der Waals surface area contributed by atoms with Crippen molar-refractivity contribution in [2.75, 3.05) is 0 Å². The second kappa shape index (κ2) is 14.4. The van der Waals surface area contributed by atoms with Crippen LogP contribution in [0, 0.1) is 13.8 Å². The Bertz CT molecular complexity index is 2320. The number of ketones is 2. The van der Waals surface area contributed by atoms with E-state index in [1.165, 1.54) is 6.07 Å². The van der Waals surface area contributed by atoms with Gasteiger partial charge in [0.15, 0.2) is 11.6 Å². The van der Waals surface area contributed by atoms with Crippen LogP contribution in [0.1, 0.15) is 75.0 Å². The highest BCUT2D eigenvalue weighted by atomic mass is 19.4. The number of Topliss-reactive ketones (excluding diaryl/α,β-unsaturated/α-hetero) is 2. The maximum atomic E-state index is 13.5. The first-order chi connectivity index (χ1) is 23.8. The van der Waals surface area contributed by atoms with Gasteiger partial charge in [-0.3, -0.25) is 28.3 Å². The molecule has 2 aliphatic rings. The number of benzene rings is 3. The quantitative estimate of drug-likeness (QED) is 0.176. The Hall–Kier alpha value is -5.45. The summed E-state index contributed by atoms with van der Waals surface area (Å²) < 4.78 is 42.5. The molecule has 0 aliphatic heterocycles. The zero-order chi connectivity index (χ0) is 35.9. The Kier molecular flexibility index (Phi) is 10.4. The fraction of sp³-hybridized carbons (Fsp3) is 0.300. The van der Waals surface area contributed by atoms with Crippen molar-refractivity contribution in [3.63, 3.8) is 0 Å². The number of aryl methyl sites for hydroxylation is 2. The lowest BCUT2D eigenvalue weighted by molar-refractivity contribution is -0.149. The molecule has 0 saturated heterocycles. The summed E-state index contributed by atoms with van der Waals surface area (Å²) in [5.74, 6) is -1.17. The number of nitrogens with zero attached hydrogens (tertiary/aromatic N) is 4. The third-order valence-electron chi connectivity index (χ3n) is 9.32. The molecule has 2 unspecified atom stereocenters. The van der Waals surface area contributed by atoms with Gasteiger partial charge < -0.3 is 0 Å². The predicted octanol–water partition coefficient (Wildman–Crippen LogP) is 8.43. The van der Waals surface area contributed by atoms with Crippen LogP contribution in [0.5, 0.6) is 0 Å². The van der Waals surface area contributed by atoms with E-state index in [0.717, 1.165) is 23.1 Å². The minimum Gasteiger partial charge on any atom is -0.297 e. The lowest BCUT2D eigenvalue weighted by Crippen LogP contribution is -2.38. The topological polar surface area (TPSA) is 104 Å². The van der Waals surface area contributed by atoms with Crippen LogP contribution in [-0.2, 0) is 15.8 Å². The minimum atomic E-state index is -4.83. The molecule has 2 heterocycles. The van der Waals surface area contributed by atoms with Gasteiger partial charge in [-0.2, -0.15) is 13.2 Å². The summed E-state index contributed by atoms with van der Waals surface area (Å²) >= 11 is 0. The van der Waals surface area contributed by atoms with Crippen molar-refractivity contribution in [2.24, 2.45) is 0 Å². The fourth-order valence-electron chi connectivity index (χ4n) is 6.84. The van der Waals surface area contributed by atoms with E-state index in [0.29, 0.717) is 51.7 Å². The van der Waals surface area contributed by atoms with Gasteiger partial charge in [0.25, 0.3) is 11.1 Å². The van der Waals surface area contributed by atoms with Crippen LogP contribution in [0.2, 0.25) is 0 Å². The molecule has 51 heavy (non-hydrogen) atoms. The van der Waals surface area contributed by atoms with E-state index in [1.807, 2.05) is 55.5 Å². The predicted molar refractivity (Wildman–Crippen MR) is 193 cm³/mol. The largest absolute Gasteiger partial charge is 0.449 e. The number of aromatic nitrogens is 4. The van der Waals surface area contributed by atoms with Crippen LogP contribution in [0.25, 0.3) is 33.2 Å². The zero-order valence-electron chi connectivity index (χ0n) is 27.7. The van der Waals surface area contributed by atoms with E-state index in [-0.39, 0.29) is 42.5 Å². The summed E-state index contributed by atoms with van der Waals surface area (Å²) in [4.78, 5) is 59.6. The Balaban J connectivity index is 0.000000195. The number of carbonyl (C=O) groups excluding carboxylic acids is 2. The van der Waals surface area contributed by atoms with E-state index < -0.39 is 35.4 Å². The van der Waals surface area contributed by atoms with E-state index in [1.54, 1.807) is 23.6 Å². The lowest BCUT2D eigenvalue weighted by Gasteiger charge is -2.27. The van der Waals surface area contributed by atoms with Crippen LogP contribution in [0.3, 0.4) is 0 Å². The minimum absolute atomic E-state index is 0. The molecule has 2 aliphatic carbocycles. The van der Waals surface area contributed by atoms with Gasteiger partial charge in [-0.1, -0.05) is 86.3 Å². The average molecular weight is 697 g/mol. The molecule has 264 valence electrons. The van der Waals surface area contributed by atoms with Crippen LogP contribution >= 0.6 is 0 Å². The second-order valence-corrected chi connectivity index (χ2v) is 12.9. The van der Waals surface area contributed by atoms with Crippen LogP contribution in [-0.4, -0.2) is 30.7 Å². The van der Waals surface area contributed by atoms with E-state index in [4.69, 9.17) is 4.98 Å². The molecule has 7 rings (SSSR count). The van der Waals surface area contributed by atoms with Crippen molar-refractivity contribution in [1.29, 1.82) is 0 Å². The van der Waals surface area contributed by atoms with Gasteiger partial charge in [0.1, 0.15) is 5.82 Å².